The maximum absolute atomic E-state index is 11.6. The van der Waals surface area contributed by atoms with E-state index in [9.17, 15) is 9.90 Å². The fraction of sp³-hybridized carbons (Fsp3) is 0.538. The van der Waals surface area contributed by atoms with Crippen LogP contribution in [0.3, 0.4) is 0 Å². The number of β-amino-alcohol motifs (C(OH)–C–C–N with tert-alkyl or cyclic N) is 1. The minimum absolute atomic E-state index is 0.371. The number of carbonyl (C=O) groups excluding carboxylic acids is 1. The molecule has 1 N–H and O–H groups in total. The number of hydrogen-bond acceptors (Lipinski definition) is 5. The van der Waals surface area contributed by atoms with E-state index in [-0.39, 0.29) is 5.97 Å². The van der Waals surface area contributed by atoms with Crippen LogP contribution in [0.5, 0.6) is 0 Å². The molecule has 0 amide bonds. The third kappa shape index (κ3) is 2.86. The second-order valence-electron chi connectivity index (χ2n) is 4.95. The monoisotopic (exact) mass is 250 g/mol. The van der Waals surface area contributed by atoms with Gasteiger partial charge in [-0.3, -0.25) is 9.88 Å². The Morgan fingerprint density at radius 3 is 3.06 bits per heavy atom. The first kappa shape index (κ1) is 13.0. The highest BCUT2D eigenvalue weighted by Crippen LogP contribution is 2.22. The van der Waals surface area contributed by atoms with E-state index in [1.807, 2.05) is 6.92 Å². The lowest BCUT2D eigenvalue weighted by atomic mass is 10.1. The van der Waals surface area contributed by atoms with Gasteiger partial charge in [-0.2, -0.15) is 0 Å². The molecule has 98 valence electrons. The zero-order valence-electron chi connectivity index (χ0n) is 10.7. The van der Waals surface area contributed by atoms with E-state index in [1.54, 1.807) is 18.3 Å². The van der Waals surface area contributed by atoms with Crippen molar-refractivity contribution in [3.05, 3.63) is 29.6 Å². The second-order valence-corrected chi connectivity index (χ2v) is 4.95. The Morgan fingerprint density at radius 2 is 2.44 bits per heavy atom. The minimum atomic E-state index is -0.639. The summed E-state index contributed by atoms with van der Waals surface area (Å²) in [6.07, 6.45) is 2.41. The van der Waals surface area contributed by atoms with Crippen LogP contribution in [-0.4, -0.2) is 46.8 Å². The fourth-order valence-electron chi connectivity index (χ4n) is 2.25. The SMILES string of the molecule is COC(=O)c1cccnc1CN1CCC(C)(O)C1. The number of esters is 1. The fourth-order valence-corrected chi connectivity index (χ4v) is 2.25. The molecule has 0 spiro atoms. The van der Waals surface area contributed by atoms with E-state index in [1.165, 1.54) is 7.11 Å². The zero-order chi connectivity index (χ0) is 13.2. The van der Waals surface area contributed by atoms with E-state index < -0.39 is 5.60 Å². The number of methoxy groups -OCH3 is 1. The van der Waals surface area contributed by atoms with Crippen LogP contribution in [0.4, 0.5) is 0 Å². The van der Waals surface area contributed by atoms with Gasteiger partial charge in [0.05, 0.1) is 24.0 Å². The van der Waals surface area contributed by atoms with Crippen molar-refractivity contribution in [1.82, 2.24) is 9.88 Å². The van der Waals surface area contributed by atoms with Gasteiger partial charge in [-0.05, 0) is 25.5 Å². The summed E-state index contributed by atoms with van der Waals surface area (Å²) in [4.78, 5) is 17.9. The maximum atomic E-state index is 11.6. The van der Waals surface area contributed by atoms with Gasteiger partial charge in [-0.15, -0.1) is 0 Å². The van der Waals surface area contributed by atoms with Crippen LogP contribution in [0.1, 0.15) is 29.4 Å². The normalized spacial score (nSPS) is 24.2. The van der Waals surface area contributed by atoms with Crippen molar-refractivity contribution in [2.75, 3.05) is 20.2 Å². The molecule has 1 saturated heterocycles. The third-order valence-corrected chi connectivity index (χ3v) is 3.20. The average Bonchev–Trinajstić information content (AvgIpc) is 2.68. The number of rotatable bonds is 3. The summed E-state index contributed by atoms with van der Waals surface area (Å²) >= 11 is 0. The molecule has 1 aromatic rings. The average molecular weight is 250 g/mol. The van der Waals surface area contributed by atoms with Crippen LogP contribution in [-0.2, 0) is 11.3 Å². The van der Waals surface area contributed by atoms with E-state index in [0.717, 1.165) is 13.0 Å². The van der Waals surface area contributed by atoms with Gasteiger partial charge in [0.25, 0.3) is 0 Å². The van der Waals surface area contributed by atoms with Crippen molar-refractivity contribution >= 4 is 5.97 Å². The summed E-state index contributed by atoms with van der Waals surface area (Å²) in [5, 5.41) is 9.91. The number of nitrogens with zero attached hydrogens (tertiary/aromatic N) is 2. The maximum Gasteiger partial charge on any atom is 0.339 e. The summed E-state index contributed by atoms with van der Waals surface area (Å²) in [6.45, 7) is 3.79. The molecule has 5 nitrogen and oxygen atoms in total. The van der Waals surface area contributed by atoms with Crippen LogP contribution >= 0.6 is 0 Å². The Kier molecular flexibility index (Phi) is 3.63. The number of carbonyl (C=O) groups is 1. The van der Waals surface area contributed by atoms with Gasteiger partial charge in [-0.25, -0.2) is 4.79 Å². The number of likely N-dealkylation sites (tertiary alicyclic amines) is 1. The van der Waals surface area contributed by atoms with Crippen LogP contribution < -0.4 is 0 Å². The number of ether oxygens (including phenoxy) is 1. The first-order valence-corrected chi connectivity index (χ1v) is 5.99. The van der Waals surface area contributed by atoms with E-state index >= 15 is 0 Å². The van der Waals surface area contributed by atoms with Gasteiger partial charge >= 0.3 is 5.97 Å². The highest BCUT2D eigenvalue weighted by Gasteiger charge is 2.31. The Bertz CT molecular complexity index is 446. The molecule has 5 heteroatoms. The molecule has 2 heterocycles. The Labute approximate surface area is 106 Å². The number of aliphatic hydroxyl groups is 1. The molecule has 1 aliphatic heterocycles. The van der Waals surface area contributed by atoms with Gasteiger partial charge in [0.2, 0.25) is 0 Å². The summed E-state index contributed by atoms with van der Waals surface area (Å²) in [5.74, 6) is -0.371. The molecule has 0 bridgehead atoms. The third-order valence-electron chi connectivity index (χ3n) is 3.20. The van der Waals surface area contributed by atoms with Crippen molar-refractivity contribution in [2.45, 2.75) is 25.5 Å². The quantitative estimate of drug-likeness (QED) is 0.805. The summed E-state index contributed by atoms with van der Waals surface area (Å²) in [6, 6.07) is 3.43. The molecule has 0 radical (unpaired) electrons. The van der Waals surface area contributed by atoms with E-state index in [2.05, 4.69) is 9.88 Å². The summed E-state index contributed by atoms with van der Waals surface area (Å²) in [7, 11) is 1.36. The summed E-state index contributed by atoms with van der Waals surface area (Å²) in [5.41, 5.74) is 0.550. The molecule has 1 atom stereocenters. The zero-order valence-corrected chi connectivity index (χ0v) is 10.7. The van der Waals surface area contributed by atoms with Crippen molar-refractivity contribution in [3.63, 3.8) is 0 Å². The first-order chi connectivity index (χ1) is 8.52. The first-order valence-electron chi connectivity index (χ1n) is 5.99. The summed E-state index contributed by atoms with van der Waals surface area (Å²) < 4.78 is 4.74. The van der Waals surface area contributed by atoms with Crippen molar-refractivity contribution < 1.29 is 14.6 Å². The van der Waals surface area contributed by atoms with Gasteiger partial charge in [-0.1, -0.05) is 0 Å². The molecule has 1 aromatic heterocycles. The number of aromatic nitrogens is 1. The molecule has 0 aromatic carbocycles. The lowest BCUT2D eigenvalue weighted by Crippen LogP contribution is -2.30. The Morgan fingerprint density at radius 1 is 1.67 bits per heavy atom. The smallest absolute Gasteiger partial charge is 0.339 e. The van der Waals surface area contributed by atoms with E-state index in [4.69, 9.17) is 4.74 Å². The van der Waals surface area contributed by atoms with Gasteiger partial charge in [0, 0.05) is 25.8 Å². The molecular formula is C13H18N2O3. The Balaban J connectivity index is 2.12. The molecule has 0 saturated carbocycles. The highest BCUT2D eigenvalue weighted by molar-refractivity contribution is 5.90. The predicted molar refractivity (Wildman–Crippen MR) is 66.1 cm³/mol. The minimum Gasteiger partial charge on any atom is -0.465 e. The molecule has 0 aliphatic carbocycles. The standard InChI is InChI=1S/C13H18N2O3/c1-13(17)5-7-15(9-13)8-11-10(12(16)18-2)4-3-6-14-11/h3-4,6,17H,5,7-9H2,1-2H3. The molecule has 18 heavy (non-hydrogen) atoms. The predicted octanol–water partition coefficient (Wildman–Crippen LogP) is 0.825. The van der Waals surface area contributed by atoms with Crippen molar-refractivity contribution in [1.29, 1.82) is 0 Å². The van der Waals surface area contributed by atoms with Crippen LogP contribution in [0, 0.1) is 0 Å². The second kappa shape index (κ2) is 5.04. The van der Waals surface area contributed by atoms with Gasteiger partial charge in [0.15, 0.2) is 0 Å². The van der Waals surface area contributed by atoms with Gasteiger partial charge < -0.3 is 9.84 Å². The number of hydrogen-bond donors (Lipinski definition) is 1. The number of pyridine rings is 1. The molecule has 1 aliphatic rings. The van der Waals surface area contributed by atoms with Crippen molar-refractivity contribution in [2.24, 2.45) is 0 Å². The van der Waals surface area contributed by atoms with E-state index in [0.29, 0.717) is 24.3 Å². The van der Waals surface area contributed by atoms with Crippen LogP contribution in [0.15, 0.2) is 18.3 Å². The van der Waals surface area contributed by atoms with Crippen molar-refractivity contribution in [3.8, 4) is 0 Å². The Hall–Kier alpha value is -1.46. The molecular weight excluding hydrogens is 232 g/mol. The van der Waals surface area contributed by atoms with Crippen LogP contribution in [0.2, 0.25) is 0 Å². The topological polar surface area (TPSA) is 62.7 Å². The largest absolute Gasteiger partial charge is 0.465 e. The molecule has 1 fully saturated rings. The molecule has 1 unspecified atom stereocenters. The van der Waals surface area contributed by atoms with Gasteiger partial charge in [0.1, 0.15) is 0 Å². The molecule has 2 rings (SSSR count). The lowest BCUT2D eigenvalue weighted by Gasteiger charge is -2.19. The van der Waals surface area contributed by atoms with Crippen LogP contribution in [0.25, 0.3) is 0 Å². The highest BCUT2D eigenvalue weighted by atomic mass is 16.5. The lowest BCUT2D eigenvalue weighted by molar-refractivity contribution is 0.0596.